The molecule has 1 unspecified atom stereocenters. The summed E-state index contributed by atoms with van der Waals surface area (Å²) in [6.07, 6.45) is 0. The molecule has 0 spiro atoms. The first-order chi connectivity index (χ1) is 5.15. The van der Waals surface area contributed by atoms with Gasteiger partial charge in [0.25, 0.3) is 0 Å². The first-order valence-corrected chi connectivity index (χ1v) is 3.65. The Hall–Kier alpha value is -0.690. The topological polar surface area (TPSA) is 12.0 Å². The fraction of sp³-hybridized carbons (Fsp3) is 0.143. The van der Waals surface area contributed by atoms with Crippen LogP contribution in [-0.4, -0.2) is 7.05 Å². The van der Waals surface area contributed by atoms with Crippen molar-refractivity contribution in [1.29, 1.82) is 0 Å². The van der Waals surface area contributed by atoms with Crippen molar-refractivity contribution in [3.05, 3.63) is 23.8 Å². The van der Waals surface area contributed by atoms with E-state index in [9.17, 15) is 8.78 Å². The van der Waals surface area contributed by atoms with Crippen LogP contribution in [0.2, 0.25) is 0 Å². The Morgan fingerprint density at radius 3 is 2.45 bits per heavy atom. The summed E-state index contributed by atoms with van der Waals surface area (Å²) in [5.74, 6) is -1.14. The lowest BCUT2D eigenvalue weighted by Gasteiger charge is -2.05. The maximum absolute atomic E-state index is 12.8. The number of anilines is 1. The van der Waals surface area contributed by atoms with Crippen LogP contribution in [-0.2, 0) is 0 Å². The Bertz CT molecular complexity index is 252. The van der Waals surface area contributed by atoms with Crippen LogP contribution in [0.25, 0.3) is 0 Å². The first-order valence-electron chi connectivity index (χ1n) is 3.07. The lowest BCUT2D eigenvalue weighted by atomic mass is 10.3. The maximum Gasteiger partial charge on any atom is 0.149 e. The van der Waals surface area contributed by atoms with Crippen molar-refractivity contribution in [2.24, 2.45) is 0 Å². The fourth-order valence-corrected chi connectivity index (χ4v) is 1.30. The van der Waals surface area contributed by atoms with Gasteiger partial charge in [-0.15, -0.1) is 9.24 Å². The van der Waals surface area contributed by atoms with Crippen LogP contribution in [0.1, 0.15) is 0 Å². The lowest BCUT2D eigenvalue weighted by molar-refractivity contribution is 0.587. The molecule has 0 bridgehead atoms. The molecule has 1 N–H and O–H groups in total. The normalized spacial score (nSPS) is 9.82. The lowest BCUT2D eigenvalue weighted by Crippen LogP contribution is -2.05. The molecule has 0 aliphatic heterocycles. The molecule has 0 saturated carbocycles. The maximum atomic E-state index is 12.8. The third-order valence-electron chi connectivity index (χ3n) is 1.34. The Balaban J connectivity index is 3.25. The second-order valence-electron chi connectivity index (χ2n) is 2.10. The Morgan fingerprint density at radius 2 is 2.00 bits per heavy atom. The standard InChI is InChI=1S/C7H8F2NP/c1-10-7-5(9)2-4(8)3-6(7)11/h2-3,10H,11H2,1H3. The van der Waals surface area contributed by atoms with Crippen LogP contribution < -0.4 is 10.6 Å². The van der Waals surface area contributed by atoms with Crippen molar-refractivity contribution in [3.8, 4) is 0 Å². The molecule has 1 aromatic carbocycles. The van der Waals surface area contributed by atoms with E-state index in [1.807, 2.05) is 0 Å². The average molecular weight is 175 g/mol. The van der Waals surface area contributed by atoms with Gasteiger partial charge in [-0.05, 0) is 11.4 Å². The van der Waals surface area contributed by atoms with Gasteiger partial charge in [-0.1, -0.05) is 0 Å². The zero-order valence-electron chi connectivity index (χ0n) is 5.99. The second-order valence-corrected chi connectivity index (χ2v) is 2.72. The van der Waals surface area contributed by atoms with Crippen LogP contribution in [0, 0.1) is 11.6 Å². The number of nitrogens with one attached hydrogen (secondary N) is 1. The molecule has 11 heavy (non-hydrogen) atoms. The van der Waals surface area contributed by atoms with E-state index in [-0.39, 0.29) is 0 Å². The molecule has 1 atom stereocenters. The zero-order chi connectivity index (χ0) is 8.43. The van der Waals surface area contributed by atoms with E-state index in [1.54, 1.807) is 7.05 Å². The smallest absolute Gasteiger partial charge is 0.149 e. The predicted octanol–water partition coefficient (Wildman–Crippen LogP) is 1.51. The van der Waals surface area contributed by atoms with Gasteiger partial charge < -0.3 is 5.32 Å². The molecule has 0 aliphatic rings. The highest BCUT2D eigenvalue weighted by molar-refractivity contribution is 7.28. The molecule has 0 aromatic heterocycles. The van der Waals surface area contributed by atoms with E-state index < -0.39 is 11.6 Å². The summed E-state index contributed by atoms with van der Waals surface area (Å²) in [6.45, 7) is 0. The molecule has 4 heteroatoms. The van der Waals surface area contributed by atoms with Gasteiger partial charge in [-0.2, -0.15) is 0 Å². The molecule has 0 amide bonds. The minimum Gasteiger partial charge on any atom is -0.385 e. The highest BCUT2D eigenvalue weighted by Crippen LogP contribution is 2.14. The highest BCUT2D eigenvalue weighted by atomic mass is 31.0. The summed E-state index contributed by atoms with van der Waals surface area (Å²) < 4.78 is 25.3. The van der Waals surface area contributed by atoms with Crippen LogP contribution in [0.5, 0.6) is 0 Å². The van der Waals surface area contributed by atoms with Gasteiger partial charge >= 0.3 is 0 Å². The van der Waals surface area contributed by atoms with Gasteiger partial charge in [-0.25, -0.2) is 8.78 Å². The summed E-state index contributed by atoms with van der Waals surface area (Å²) in [7, 11) is 3.84. The van der Waals surface area contributed by atoms with Crippen molar-refractivity contribution in [2.75, 3.05) is 12.4 Å². The number of rotatable bonds is 1. The van der Waals surface area contributed by atoms with Gasteiger partial charge in [0.1, 0.15) is 11.6 Å². The molecule has 0 saturated heterocycles. The molecule has 0 heterocycles. The molecule has 1 rings (SSSR count). The van der Waals surface area contributed by atoms with E-state index in [0.717, 1.165) is 6.07 Å². The first kappa shape index (κ1) is 8.41. The number of hydrogen-bond acceptors (Lipinski definition) is 1. The minimum atomic E-state index is -0.572. The molecular formula is C7H8F2NP. The molecule has 0 aliphatic carbocycles. The van der Waals surface area contributed by atoms with Crippen molar-refractivity contribution in [1.82, 2.24) is 0 Å². The van der Waals surface area contributed by atoms with E-state index in [1.165, 1.54) is 6.07 Å². The summed E-state index contributed by atoms with van der Waals surface area (Å²) in [4.78, 5) is 0. The largest absolute Gasteiger partial charge is 0.385 e. The average Bonchev–Trinajstić information content (AvgIpc) is 1.85. The fourth-order valence-electron chi connectivity index (χ4n) is 0.857. The molecule has 1 aromatic rings. The number of hydrogen-bond donors (Lipinski definition) is 1. The van der Waals surface area contributed by atoms with Crippen LogP contribution in [0.4, 0.5) is 14.5 Å². The second kappa shape index (κ2) is 3.14. The van der Waals surface area contributed by atoms with Crippen molar-refractivity contribution >= 4 is 20.2 Å². The highest BCUT2D eigenvalue weighted by Gasteiger charge is 2.05. The Morgan fingerprint density at radius 1 is 1.36 bits per heavy atom. The van der Waals surface area contributed by atoms with Crippen LogP contribution >= 0.6 is 9.24 Å². The van der Waals surface area contributed by atoms with Crippen molar-refractivity contribution in [2.45, 2.75) is 0 Å². The van der Waals surface area contributed by atoms with Crippen LogP contribution in [0.3, 0.4) is 0 Å². The third kappa shape index (κ3) is 1.66. The summed E-state index contributed by atoms with van der Waals surface area (Å²) in [5.41, 5.74) is 0.316. The zero-order valence-corrected chi connectivity index (χ0v) is 7.14. The van der Waals surface area contributed by atoms with Gasteiger partial charge in [0.15, 0.2) is 0 Å². The molecule has 1 nitrogen and oxygen atoms in total. The van der Waals surface area contributed by atoms with Gasteiger partial charge in [0.2, 0.25) is 0 Å². The third-order valence-corrected chi connectivity index (χ3v) is 1.79. The molecule has 0 radical (unpaired) electrons. The predicted molar refractivity (Wildman–Crippen MR) is 45.2 cm³/mol. The van der Waals surface area contributed by atoms with E-state index >= 15 is 0 Å². The summed E-state index contributed by atoms with van der Waals surface area (Å²) in [5, 5.41) is 3.12. The van der Waals surface area contributed by atoms with Crippen molar-refractivity contribution < 1.29 is 8.78 Å². The Labute approximate surface area is 66.0 Å². The van der Waals surface area contributed by atoms with Crippen LogP contribution in [0.15, 0.2) is 12.1 Å². The van der Waals surface area contributed by atoms with Gasteiger partial charge in [-0.3, -0.25) is 0 Å². The van der Waals surface area contributed by atoms with E-state index in [0.29, 0.717) is 11.0 Å². The van der Waals surface area contributed by atoms with E-state index in [2.05, 4.69) is 14.6 Å². The Kier molecular flexibility index (Phi) is 2.40. The van der Waals surface area contributed by atoms with Crippen molar-refractivity contribution in [3.63, 3.8) is 0 Å². The quantitative estimate of drug-likeness (QED) is 0.638. The summed E-state index contributed by atoms with van der Waals surface area (Å²) in [6, 6.07) is 2.10. The number of benzene rings is 1. The molecule has 0 fully saturated rings. The monoisotopic (exact) mass is 175 g/mol. The molecule has 60 valence electrons. The minimum absolute atomic E-state index is 0.316. The SMILES string of the molecule is CNc1c(F)cc(F)cc1P. The number of halogens is 2. The summed E-state index contributed by atoms with van der Waals surface area (Å²) >= 11 is 0. The molecular weight excluding hydrogens is 167 g/mol. The van der Waals surface area contributed by atoms with E-state index in [4.69, 9.17) is 0 Å². The van der Waals surface area contributed by atoms with Gasteiger partial charge in [0.05, 0.1) is 5.69 Å². The van der Waals surface area contributed by atoms with Gasteiger partial charge in [0, 0.05) is 13.1 Å².